The first-order valence-corrected chi connectivity index (χ1v) is 8.31. The fourth-order valence-corrected chi connectivity index (χ4v) is 2.64. The lowest BCUT2D eigenvalue weighted by atomic mass is 10.2. The molecule has 0 fully saturated rings. The lowest BCUT2D eigenvalue weighted by Crippen LogP contribution is -2.15. The second-order valence-corrected chi connectivity index (χ2v) is 6.22. The number of rotatable bonds is 4. The van der Waals surface area contributed by atoms with Crippen molar-refractivity contribution in [2.45, 2.75) is 0 Å². The maximum absolute atomic E-state index is 12.3. The molecule has 2 aromatic carbocycles. The van der Waals surface area contributed by atoms with Gasteiger partial charge in [-0.2, -0.15) is 0 Å². The number of benzene rings is 2. The summed E-state index contributed by atoms with van der Waals surface area (Å²) in [7, 11) is 1.94. The molecule has 0 aliphatic heterocycles. The van der Waals surface area contributed by atoms with Crippen LogP contribution in [0.15, 0.2) is 66.9 Å². The molecule has 126 valence electrons. The van der Waals surface area contributed by atoms with Gasteiger partial charge in [-0.1, -0.05) is 41.4 Å². The summed E-state index contributed by atoms with van der Waals surface area (Å²) in [5, 5.41) is 3.62. The summed E-state index contributed by atoms with van der Waals surface area (Å²) in [4.78, 5) is 18.6. The first-order valence-electron chi connectivity index (χ1n) is 7.56. The van der Waals surface area contributed by atoms with Gasteiger partial charge >= 0.3 is 0 Å². The van der Waals surface area contributed by atoms with Crippen molar-refractivity contribution in [1.29, 1.82) is 0 Å². The molecule has 1 amide bonds. The zero-order chi connectivity index (χ0) is 17.8. The van der Waals surface area contributed by atoms with Gasteiger partial charge in [0.1, 0.15) is 5.69 Å². The van der Waals surface area contributed by atoms with E-state index in [1.807, 2.05) is 48.3 Å². The van der Waals surface area contributed by atoms with Crippen molar-refractivity contribution in [2.24, 2.45) is 0 Å². The van der Waals surface area contributed by atoms with Gasteiger partial charge in [-0.15, -0.1) is 0 Å². The number of para-hydroxylation sites is 1. The number of carbonyl (C=O) groups excluding carboxylic acids is 1. The summed E-state index contributed by atoms with van der Waals surface area (Å²) < 4.78 is 0. The zero-order valence-electron chi connectivity index (χ0n) is 13.4. The molecule has 0 aliphatic rings. The summed E-state index contributed by atoms with van der Waals surface area (Å²) in [5.41, 5.74) is 2.66. The number of anilines is 3. The first-order chi connectivity index (χ1) is 12.0. The van der Waals surface area contributed by atoms with Gasteiger partial charge in [0.2, 0.25) is 0 Å². The van der Waals surface area contributed by atoms with E-state index < -0.39 is 0 Å². The minimum Gasteiger partial charge on any atom is -0.343 e. The van der Waals surface area contributed by atoms with E-state index in [9.17, 15) is 4.79 Å². The molecular weight excluding hydrogens is 357 g/mol. The van der Waals surface area contributed by atoms with Crippen LogP contribution in [0.1, 0.15) is 10.5 Å². The highest BCUT2D eigenvalue weighted by Gasteiger charge is 2.11. The van der Waals surface area contributed by atoms with E-state index in [2.05, 4.69) is 10.3 Å². The Morgan fingerprint density at radius 3 is 2.44 bits per heavy atom. The number of hydrogen-bond donors (Lipinski definition) is 1. The van der Waals surface area contributed by atoms with Gasteiger partial charge in [0.05, 0.1) is 22.6 Å². The Morgan fingerprint density at radius 1 is 1.00 bits per heavy atom. The van der Waals surface area contributed by atoms with E-state index in [1.165, 1.54) is 0 Å². The third-order valence-electron chi connectivity index (χ3n) is 3.69. The van der Waals surface area contributed by atoms with Crippen molar-refractivity contribution in [2.75, 3.05) is 17.3 Å². The highest BCUT2D eigenvalue weighted by atomic mass is 35.5. The maximum atomic E-state index is 12.3. The normalized spacial score (nSPS) is 10.4. The van der Waals surface area contributed by atoms with E-state index in [-0.39, 0.29) is 5.91 Å². The number of carbonyl (C=O) groups is 1. The molecule has 0 atom stereocenters. The molecule has 3 aromatic rings. The lowest BCUT2D eigenvalue weighted by Gasteiger charge is -2.19. The number of nitrogens with one attached hydrogen (secondary N) is 1. The minimum atomic E-state index is -0.349. The van der Waals surface area contributed by atoms with Gasteiger partial charge in [-0.3, -0.25) is 4.79 Å². The molecule has 6 heteroatoms. The van der Waals surface area contributed by atoms with Gasteiger partial charge in [0, 0.05) is 17.8 Å². The molecule has 1 heterocycles. The van der Waals surface area contributed by atoms with E-state index in [1.54, 1.807) is 30.5 Å². The smallest absolute Gasteiger partial charge is 0.274 e. The SMILES string of the molecule is CN(c1ccccc1)c1ccc(C(=O)Nc2cc(Cl)ccc2Cl)nc1. The van der Waals surface area contributed by atoms with E-state index >= 15 is 0 Å². The molecule has 1 N–H and O–H groups in total. The zero-order valence-corrected chi connectivity index (χ0v) is 14.9. The van der Waals surface area contributed by atoms with Crippen LogP contribution in [0.5, 0.6) is 0 Å². The number of halogens is 2. The van der Waals surface area contributed by atoms with Gasteiger partial charge in [0.25, 0.3) is 5.91 Å². The summed E-state index contributed by atoms with van der Waals surface area (Å²) in [6, 6.07) is 18.3. The number of hydrogen-bond acceptors (Lipinski definition) is 3. The van der Waals surface area contributed by atoms with Crippen LogP contribution < -0.4 is 10.2 Å². The van der Waals surface area contributed by atoms with Crippen molar-refractivity contribution >= 4 is 46.2 Å². The highest BCUT2D eigenvalue weighted by molar-refractivity contribution is 6.35. The maximum Gasteiger partial charge on any atom is 0.274 e. The summed E-state index contributed by atoms with van der Waals surface area (Å²) in [5.74, 6) is -0.349. The molecular formula is C19H15Cl2N3O. The Bertz CT molecular complexity index is 883. The number of pyridine rings is 1. The monoisotopic (exact) mass is 371 g/mol. The number of amides is 1. The molecule has 25 heavy (non-hydrogen) atoms. The van der Waals surface area contributed by atoms with Crippen molar-refractivity contribution in [3.05, 3.63) is 82.6 Å². The van der Waals surface area contributed by atoms with E-state index in [0.717, 1.165) is 11.4 Å². The van der Waals surface area contributed by atoms with Gasteiger partial charge in [-0.25, -0.2) is 4.98 Å². The largest absolute Gasteiger partial charge is 0.343 e. The quantitative estimate of drug-likeness (QED) is 0.666. The van der Waals surface area contributed by atoms with Crippen LogP contribution in [0.4, 0.5) is 17.1 Å². The Balaban J connectivity index is 1.76. The fourth-order valence-electron chi connectivity index (χ4n) is 2.30. The summed E-state index contributed by atoms with van der Waals surface area (Å²) in [6.45, 7) is 0. The van der Waals surface area contributed by atoms with Gasteiger partial charge in [0.15, 0.2) is 0 Å². The molecule has 0 unspecified atom stereocenters. The van der Waals surface area contributed by atoms with Crippen LogP contribution in [0, 0.1) is 0 Å². The predicted octanol–water partition coefficient (Wildman–Crippen LogP) is 5.41. The lowest BCUT2D eigenvalue weighted by molar-refractivity contribution is 0.102. The third kappa shape index (κ3) is 4.10. The van der Waals surface area contributed by atoms with Crippen LogP contribution in [-0.4, -0.2) is 17.9 Å². The molecule has 0 saturated heterocycles. The second kappa shape index (κ2) is 7.55. The van der Waals surface area contributed by atoms with Crippen LogP contribution in [-0.2, 0) is 0 Å². The van der Waals surface area contributed by atoms with Crippen molar-refractivity contribution in [1.82, 2.24) is 4.98 Å². The Kier molecular flexibility index (Phi) is 5.22. The van der Waals surface area contributed by atoms with Gasteiger partial charge < -0.3 is 10.2 Å². The highest BCUT2D eigenvalue weighted by Crippen LogP contribution is 2.26. The first kappa shape index (κ1) is 17.3. The molecule has 3 rings (SSSR count). The van der Waals surface area contributed by atoms with Crippen LogP contribution in [0.3, 0.4) is 0 Å². The minimum absolute atomic E-state index is 0.293. The van der Waals surface area contributed by atoms with Crippen molar-refractivity contribution in [3.8, 4) is 0 Å². The summed E-state index contributed by atoms with van der Waals surface area (Å²) in [6.07, 6.45) is 1.65. The van der Waals surface area contributed by atoms with E-state index in [0.29, 0.717) is 21.4 Å². The fraction of sp³-hybridized carbons (Fsp3) is 0.0526. The third-order valence-corrected chi connectivity index (χ3v) is 4.25. The predicted molar refractivity (Wildman–Crippen MR) is 103 cm³/mol. The van der Waals surface area contributed by atoms with Crippen molar-refractivity contribution < 1.29 is 4.79 Å². The van der Waals surface area contributed by atoms with Crippen molar-refractivity contribution in [3.63, 3.8) is 0 Å². The number of nitrogens with zero attached hydrogens (tertiary/aromatic N) is 2. The van der Waals surface area contributed by atoms with Gasteiger partial charge in [-0.05, 0) is 42.5 Å². The second-order valence-electron chi connectivity index (χ2n) is 5.37. The molecule has 4 nitrogen and oxygen atoms in total. The molecule has 0 radical (unpaired) electrons. The molecule has 0 spiro atoms. The summed E-state index contributed by atoms with van der Waals surface area (Å²) >= 11 is 12.0. The molecule has 0 saturated carbocycles. The molecule has 0 bridgehead atoms. The van der Waals surface area contributed by atoms with E-state index in [4.69, 9.17) is 23.2 Å². The Hall–Kier alpha value is -2.56. The average Bonchev–Trinajstić information content (AvgIpc) is 2.65. The molecule has 1 aromatic heterocycles. The molecule has 0 aliphatic carbocycles. The van der Waals surface area contributed by atoms with Crippen LogP contribution in [0.2, 0.25) is 10.0 Å². The topological polar surface area (TPSA) is 45.2 Å². The van der Waals surface area contributed by atoms with Crippen LogP contribution >= 0.6 is 23.2 Å². The Morgan fingerprint density at radius 2 is 1.76 bits per heavy atom. The standard InChI is InChI=1S/C19H15Cl2N3O/c1-24(14-5-3-2-4-6-14)15-8-10-17(22-12-15)19(25)23-18-11-13(20)7-9-16(18)21/h2-12H,1H3,(H,23,25). The Labute approximate surface area is 156 Å². The number of aromatic nitrogens is 1. The average molecular weight is 372 g/mol. The van der Waals surface area contributed by atoms with Crippen LogP contribution in [0.25, 0.3) is 0 Å².